The van der Waals surface area contributed by atoms with E-state index < -0.39 is 0 Å². The normalized spacial score (nSPS) is 14.1. The van der Waals surface area contributed by atoms with Gasteiger partial charge in [0.05, 0.1) is 12.7 Å². The fraction of sp³-hybridized carbons (Fsp3) is 0.348. The molecular formula is C23H26N4O2. The third kappa shape index (κ3) is 3.88. The summed E-state index contributed by atoms with van der Waals surface area (Å²) >= 11 is 0. The van der Waals surface area contributed by atoms with Crippen LogP contribution in [-0.4, -0.2) is 41.0 Å². The molecule has 150 valence electrons. The smallest absolute Gasteiger partial charge is 0.257 e. The number of rotatable bonds is 6. The van der Waals surface area contributed by atoms with Gasteiger partial charge in [0, 0.05) is 37.4 Å². The molecule has 29 heavy (non-hydrogen) atoms. The van der Waals surface area contributed by atoms with Crippen molar-refractivity contribution in [1.82, 2.24) is 14.9 Å². The van der Waals surface area contributed by atoms with Crippen molar-refractivity contribution in [1.29, 1.82) is 0 Å². The average molecular weight is 390 g/mol. The molecule has 0 radical (unpaired) electrons. The first-order valence-electron chi connectivity index (χ1n) is 10.1. The van der Waals surface area contributed by atoms with Gasteiger partial charge in [0.15, 0.2) is 0 Å². The van der Waals surface area contributed by atoms with Gasteiger partial charge in [0.2, 0.25) is 5.95 Å². The van der Waals surface area contributed by atoms with Gasteiger partial charge >= 0.3 is 0 Å². The molecule has 1 amide bonds. The first-order valence-corrected chi connectivity index (χ1v) is 10.1. The molecule has 1 fully saturated rings. The largest absolute Gasteiger partial charge is 0.496 e. The molecule has 1 N–H and O–H groups in total. The number of amides is 1. The summed E-state index contributed by atoms with van der Waals surface area (Å²) in [6, 6.07) is 12.5. The molecule has 0 unspecified atom stereocenters. The molecule has 0 saturated heterocycles. The summed E-state index contributed by atoms with van der Waals surface area (Å²) in [4.78, 5) is 23.8. The molecule has 1 heterocycles. The second-order valence-corrected chi connectivity index (χ2v) is 7.39. The number of nitrogens with one attached hydrogen (secondary N) is 1. The summed E-state index contributed by atoms with van der Waals surface area (Å²) < 4.78 is 5.52. The zero-order valence-corrected chi connectivity index (χ0v) is 16.9. The lowest BCUT2D eigenvalue weighted by atomic mass is 10.0. The van der Waals surface area contributed by atoms with E-state index in [0.29, 0.717) is 18.1 Å². The van der Waals surface area contributed by atoms with E-state index in [1.807, 2.05) is 23.1 Å². The molecule has 0 bridgehead atoms. The van der Waals surface area contributed by atoms with Crippen molar-refractivity contribution >= 4 is 22.6 Å². The fourth-order valence-electron chi connectivity index (χ4n) is 4.15. The van der Waals surface area contributed by atoms with Crippen molar-refractivity contribution in [3.05, 3.63) is 59.9 Å². The third-order valence-electron chi connectivity index (χ3n) is 5.68. The van der Waals surface area contributed by atoms with Crippen LogP contribution in [0, 0.1) is 0 Å². The van der Waals surface area contributed by atoms with E-state index in [2.05, 4.69) is 33.5 Å². The van der Waals surface area contributed by atoms with E-state index in [0.717, 1.165) is 47.8 Å². The van der Waals surface area contributed by atoms with Gasteiger partial charge in [-0.25, -0.2) is 9.97 Å². The summed E-state index contributed by atoms with van der Waals surface area (Å²) in [7, 11) is 3.45. The number of hydrogen-bond donors (Lipinski definition) is 1. The zero-order valence-electron chi connectivity index (χ0n) is 16.9. The van der Waals surface area contributed by atoms with Crippen LogP contribution in [0.2, 0.25) is 0 Å². The highest BCUT2D eigenvalue weighted by atomic mass is 16.5. The number of hydrogen-bond acceptors (Lipinski definition) is 5. The maximum Gasteiger partial charge on any atom is 0.257 e. The van der Waals surface area contributed by atoms with Crippen LogP contribution >= 0.6 is 0 Å². The van der Waals surface area contributed by atoms with Crippen LogP contribution in [0.3, 0.4) is 0 Å². The number of aromatic nitrogens is 2. The number of fused-ring (bicyclic) bond motifs is 1. The number of methoxy groups -OCH3 is 1. The fourth-order valence-corrected chi connectivity index (χ4v) is 4.15. The van der Waals surface area contributed by atoms with Crippen LogP contribution in [0.4, 0.5) is 5.95 Å². The molecule has 2 aromatic carbocycles. The minimum absolute atomic E-state index is 0.0144. The minimum Gasteiger partial charge on any atom is -0.496 e. The lowest BCUT2D eigenvalue weighted by Crippen LogP contribution is -2.38. The second kappa shape index (κ2) is 8.47. The van der Waals surface area contributed by atoms with Gasteiger partial charge in [-0.2, -0.15) is 0 Å². The highest BCUT2D eigenvalue weighted by Crippen LogP contribution is 2.32. The predicted octanol–water partition coefficient (Wildman–Crippen LogP) is 4.27. The maximum atomic E-state index is 13.4. The van der Waals surface area contributed by atoms with Crippen molar-refractivity contribution in [3.63, 3.8) is 0 Å². The third-order valence-corrected chi connectivity index (χ3v) is 5.68. The SMILES string of the molecule is CNc1ncc(C(=O)N(Cc2ccc(OC)c3ccccc23)C2CCCC2)cn1. The van der Waals surface area contributed by atoms with Crippen molar-refractivity contribution in [2.24, 2.45) is 0 Å². The molecule has 1 aromatic heterocycles. The van der Waals surface area contributed by atoms with Crippen LogP contribution in [0.1, 0.15) is 41.6 Å². The van der Waals surface area contributed by atoms with Gasteiger partial charge in [-0.05, 0) is 29.9 Å². The summed E-state index contributed by atoms with van der Waals surface area (Å²) in [5.41, 5.74) is 1.64. The Labute approximate surface area is 170 Å². The van der Waals surface area contributed by atoms with Crippen molar-refractivity contribution < 1.29 is 9.53 Å². The van der Waals surface area contributed by atoms with Gasteiger partial charge in [-0.1, -0.05) is 43.2 Å². The van der Waals surface area contributed by atoms with Crippen LogP contribution in [0.15, 0.2) is 48.8 Å². The zero-order chi connectivity index (χ0) is 20.2. The Morgan fingerprint density at radius 1 is 1.10 bits per heavy atom. The lowest BCUT2D eigenvalue weighted by molar-refractivity contribution is 0.0664. The Bertz CT molecular complexity index is 997. The minimum atomic E-state index is -0.0144. The quantitative estimate of drug-likeness (QED) is 0.681. The monoisotopic (exact) mass is 390 g/mol. The van der Waals surface area contributed by atoms with E-state index in [-0.39, 0.29) is 11.9 Å². The van der Waals surface area contributed by atoms with Crippen LogP contribution in [-0.2, 0) is 6.54 Å². The number of benzene rings is 2. The van der Waals surface area contributed by atoms with Gasteiger partial charge in [0.25, 0.3) is 5.91 Å². The van der Waals surface area contributed by atoms with Crippen molar-refractivity contribution in [2.75, 3.05) is 19.5 Å². The van der Waals surface area contributed by atoms with Gasteiger partial charge < -0.3 is 15.0 Å². The molecule has 0 aliphatic heterocycles. The maximum absolute atomic E-state index is 13.4. The molecule has 6 heteroatoms. The van der Waals surface area contributed by atoms with Gasteiger partial charge in [-0.15, -0.1) is 0 Å². The highest BCUT2D eigenvalue weighted by molar-refractivity contribution is 5.95. The van der Waals surface area contributed by atoms with E-state index in [9.17, 15) is 4.79 Å². The number of carbonyl (C=O) groups is 1. The first kappa shape index (κ1) is 19.2. The van der Waals surface area contributed by atoms with Gasteiger partial charge in [-0.3, -0.25) is 4.79 Å². The molecule has 0 atom stereocenters. The second-order valence-electron chi connectivity index (χ2n) is 7.39. The average Bonchev–Trinajstić information content (AvgIpc) is 3.31. The van der Waals surface area contributed by atoms with Crippen LogP contribution in [0.25, 0.3) is 10.8 Å². The molecule has 1 aliphatic carbocycles. The number of nitrogens with zero attached hydrogens (tertiary/aromatic N) is 3. The number of anilines is 1. The van der Waals surface area contributed by atoms with Crippen molar-refractivity contribution in [2.45, 2.75) is 38.3 Å². The molecule has 6 nitrogen and oxygen atoms in total. The Hall–Kier alpha value is -3.15. The van der Waals surface area contributed by atoms with E-state index in [1.54, 1.807) is 26.6 Å². The lowest BCUT2D eigenvalue weighted by Gasteiger charge is -2.29. The summed E-state index contributed by atoms with van der Waals surface area (Å²) in [6.45, 7) is 0.557. The first-order chi connectivity index (χ1) is 14.2. The van der Waals surface area contributed by atoms with Crippen molar-refractivity contribution in [3.8, 4) is 5.75 Å². The standard InChI is InChI=1S/C23H26N4O2/c1-24-23-25-13-17(14-26-23)22(28)27(18-7-3-4-8-18)15-16-11-12-21(29-2)20-10-6-5-9-19(16)20/h5-6,9-14,18H,3-4,7-8,15H2,1-2H3,(H,24,25,26). The topological polar surface area (TPSA) is 67.4 Å². The van der Waals surface area contributed by atoms with E-state index in [1.165, 1.54) is 0 Å². The summed E-state index contributed by atoms with van der Waals surface area (Å²) in [5, 5.41) is 5.07. The number of carbonyl (C=O) groups excluding carboxylic acids is 1. The molecule has 1 aliphatic rings. The summed E-state index contributed by atoms with van der Waals surface area (Å²) in [6.07, 6.45) is 7.61. The van der Waals surface area contributed by atoms with Crippen LogP contribution in [0.5, 0.6) is 5.75 Å². The molecule has 4 rings (SSSR count). The predicted molar refractivity (Wildman–Crippen MR) is 114 cm³/mol. The molecule has 3 aromatic rings. The molecule has 1 saturated carbocycles. The highest BCUT2D eigenvalue weighted by Gasteiger charge is 2.28. The Morgan fingerprint density at radius 3 is 2.45 bits per heavy atom. The Balaban J connectivity index is 1.69. The van der Waals surface area contributed by atoms with Gasteiger partial charge in [0.1, 0.15) is 5.75 Å². The Morgan fingerprint density at radius 2 is 1.79 bits per heavy atom. The van der Waals surface area contributed by atoms with E-state index >= 15 is 0 Å². The van der Waals surface area contributed by atoms with Crippen LogP contribution < -0.4 is 10.1 Å². The van der Waals surface area contributed by atoms with E-state index in [4.69, 9.17) is 4.74 Å². The molecule has 0 spiro atoms. The Kier molecular flexibility index (Phi) is 5.60. The molecular weight excluding hydrogens is 364 g/mol. The number of ether oxygens (including phenoxy) is 1. The summed E-state index contributed by atoms with van der Waals surface area (Å²) in [5.74, 6) is 1.34.